The van der Waals surface area contributed by atoms with Crippen LogP contribution in [0.15, 0.2) is 138 Å². The second-order valence-electron chi connectivity index (χ2n) is 18.0. The number of furan rings is 1. The van der Waals surface area contributed by atoms with Crippen LogP contribution in [0.1, 0.15) is 51.3 Å². The largest absolute Gasteiger partial charge is 0.486 e. The molecule has 0 saturated carbocycles. The summed E-state index contributed by atoms with van der Waals surface area (Å²) in [6.45, 7) is 20.5. The van der Waals surface area contributed by atoms with Crippen molar-refractivity contribution < 1.29 is 24.5 Å². The smallest absolute Gasteiger partial charge is 0.216 e. The first-order valence-corrected chi connectivity index (χ1v) is 24.1. The molecule has 60 heavy (non-hydrogen) atoms. The zero-order chi connectivity index (χ0) is 41.5. The van der Waals surface area contributed by atoms with Crippen molar-refractivity contribution in [1.29, 1.82) is 0 Å². The average Bonchev–Trinajstić information content (AvgIpc) is 3.80. The minimum Gasteiger partial charge on any atom is -0.486 e. The summed E-state index contributed by atoms with van der Waals surface area (Å²) in [7, 11) is -1.34. The number of aryl methyl sites for hydroxylation is 1. The topological polar surface area (TPSA) is 56.7 Å². The van der Waals surface area contributed by atoms with Crippen molar-refractivity contribution in [2.24, 2.45) is 5.92 Å². The quantitative estimate of drug-likeness (QED) is 0.118. The van der Waals surface area contributed by atoms with Gasteiger partial charge in [-0.25, -0.2) is 4.98 Å². The van der Waals surface area contributed by atoms with Gasteiger partial charge >= 0.3 is 0 Å². The molecule has 0 N–H and O–H groups in total. The van der Waals surface area contributed by atoms with E-state index in [1.165, 1.54) is 16.3 Å². The molecule has 1 radical (unpaired) electrons. The number of fused-ring (bicyclic) bond motifs is 4. The van der Waals surface area contributed by atoms with E-state index in [0.29, 0.717) is 11.6 Å². The van der Waals surface area contributed by atoms with E-state index >= 15 is 0 Å². The number of pyridine rings is 2. The van der Waals surface area contributed by atoms with Crippen molar-refractivity contribution in [3.8, 4) is 39.6 Å². The molecule has 0 spiro atoms. The second-order valence-corrected chi connectivity index (χ2v) is 23.0. The summed E-state index contributed by atoms with van der Waals surface area (Å²) in [5.41, 5.74) is 13.2. The first-order chi connectivity index (χ1) is 28.3. The number of nitrogens with zero attached hydrogens (tertiary/aromatic N) is 4. The minimum atomic E-state index is -1.34. The van der Waals surface area contributed by atoms with Gasteiger partial charge in [-0.15, -0.1) is 53.6 Å². The molecule has 0 atom stereocenters. The third-order valence-corrected chi connectivity index (χ3v) is 12.9. The number of imidazole rings is 1. The molecule has 0 aliphatic heterocycles. The fourth-order valence-electron chi connectivity index (χ4n) is 7.85. The van der Waals surface area contributed by atoms with Gasteiger partial charge in [-0.2, -0.15) is 0 Å². The van der Waals surface area contributed by atoms with Crippen molar-refractivity contribution in [2.45, 2.75) is 73.0 Å². The van der Waals surface area contributed by atoms with Crippen LogP contribution in [0.25, 0.3) is 72.7 Å². The number of hydrogen-bond donors (Lipinski definition) is 0. The van der Waals surface area contributed by atoms with Crippen LogP contribution in [0.3, 0.4) is 0 Å². The molecule has 0 saturated heterocycles. The van der Waals surface area contributed by atoms with Gasteiger partial charge in [0.25, 0.3) is 0 Å². The van der Waals surface area contributed by atoms with Gasteiger partial charge in [0.05, 0.1) is 36.2 Å². The van der Waals surface area contributed by atoms with Crippen LogP contribution >= 0.6 is 0 Å². The second kappa shape index (κ2) is 17.3. The predicted octanol–water partition coefficient (Wildman–Crippen LogP) is 13.3. The fraction of sp³-hybridized carbons (Fsp3) is 0.226. The number of benzene rings is 5. The number of hydrogen-bond acceptors (Lipinski definition) is 4. The Kier molecular flexibility index (Phi) is 12.3. The van der Waals surface area contributed by atoms with Gasteiger partial charge in [0, 0.05) is 42.9 Å². The van der Waals surface area contributed by atoms with Gasteiger partial charge in [-0.1, -0.05) is 138 Å². The molecule has 305 valence electrons. The van der Waals surface area contributed by atoms with Crippen molar-refractivity contribution in [3.63, 3.8) is 0 Å². The Balaban J connectivity index is 0.000000220. The summed E-state index contributed by atoms with van der Waals surface area (Å²) in [4.78, 5) is 14.7. The molecule has 0 aliphatic carbocycles. The van der Waals surface area contributed by atoms with Gasteiger partial charge in [-0.05, 0) is 70.6 Å². The first-order valence-electron chi connectivity index (χ1n) is 20.6. The third kappa shape index (κ3) is 8.71. The molecule has 0 bridgehead atoms. The molecule has 0 fully saturated rings. The summed E-state index contributed by atoms with van der Waals surface area (Å²) >= 11 is 0. The molecule has 4 aromatic heterocycles. The van der Waals surface area contributed by atoms with E-state index in [9.17, 15) is 0 Å². The predicted molar refractivity (Wildman–Crippen MR) is 249 cm³/mol. The van der Waals surface area contributed by atoms with E-state index in [1.54, 1.807) is 0 Å². The molecule has 0 aliphatic rings. The van der Waals surface area contributed by atoms with Crippen molar-refractivity contribution >= 4 is 46.4 Å². The van der Waals surface area contributed by atoms with Gasteiger partial charge in [-0.3, -0.25) is 4.98 Å². The average molecular weight is 981 g/mol. The summed E-state index contributed by atoms with van der Waals surface area (Å²) in [6.07, 6.45) is 3.24. The monoisotopic (exact) mass is 981 g/mol. The van der Waals surface area contributed by atoms with Gasteiger partial charge in [0.1, 0.15) is 0 Å². The van der Waals surface area contributed by atoms with Crippen LogP contribution in [-0.2, 0) is 31.9 Å². The van der Waals surface area contributed by atoms with E-state index in [2.05, 4.69) is 168 Å². The Morgan fingerprint density at radius 1 is 0.783 bits per heavy atom. The van der Waals surface area contributed by atoms with E-state index in [-0.39, 0.29) is 25.5 Å². The summed E-state index contributed by atoms with van der Waals surface area (Å²) in [5.74, 6) is 1.46. The Labute approximate surface area is 369 Å². The van der Waals surface area contributed by atoms with Crippen LogP contribution in [0, 0.1) is 25.0 Å². The summed E-state index contributed by atoms with van der Waals surface area (Å²) in [5, 5.41) is 3.54. The molecule has 9 rings (SSSR count). The fourth-order valence-corrected chi connectivity index (χ4v) is 9.44. The normalized spacial score (nSPS) is 11.8. The summed E-state index contributed by atoms with van der Waals surface area (Å²) in [6, 6.07) is 50.5. The van der Waals surface area contributed by atoms with Crippen molar-refractivity contribution in [3.05, 3.63) is 162 Å². The Morgan fingerprint density at radius 2 is 1.50 bits per heavy atom. The maximum atomic E-state index is 6.54. The Bertz CT molecular complexity index is 2900. The van der Waals surface area contributed by atoms with Crippen LogP contribution in [0.4, 0.5) is 0 Å². The van der Waals surface area contributed by atoms with Crippen molar-refractivity contribution in [1.82, 2.24) is 19.5 Å². The molecule has 7 heteroatoms. The zero-order valence-corrected chi connectivity index (χ0v) is 39.4. The van der Waals surface area contributed by atoms with E-state index in [1.807, 2.05) is 48.5 Å². The maximum absolute atomic E-state index is 6.54. The molecule has 0 unspecified atom stereocenters. The summed E-state index contributed by atoms with van der Waals surface area (Å²) < 4.78 is 8.74. The van der Waals surface area contributed by atoms with Crippen molar-refractivity contribution in [2.75, 3.05) is 0 Å². The molecule has 4 heterocycles. The van der Waals surface area contributed by atoms with Crippen LogP contribution in [0.2, 0.25) is 19.6 Å². The number of rotatable bonds is 7. The molecule has 5 aromatic carbocycles. The van der Waals surface area contributed by atoms with E-state index < -0.39 is 8.07 Å². The zero-order valence-electron chi connectivity index (χ0n) is 36.0. The number of aromatic nitrogens is 4. The molecule has 9 aromatic rings. The maximum Gasteiger partial charge on any atom is 0.216 e. The molecule has 0 amide bonds. The first kappa shape index (κ1) is 42.7. The van der Waals surface area contributed by atoms with Gasteiger partial charge < -0.3 is 14.0 Å². The molecule has 5 nitrogen and oxygen atoms in total. The SMILES string of the molecule is CC(C)Cc1cc(-c2[c-]cccc2)ncc1[Si](C)(C)C.Cc1c[c-]c(-c2nc3ccccc3n2-c2ccc(C(C)(C)C)cc2)c2oc3nc(-c4ccccc4)ccc3c12.[Ir]. The van der Waals surface area contributed by atoms with Crippen LogP contribution in [0.5, 0.6) is 0 Å². The van der Waals surface area contributed by atoms with Crippen LogP contribution in [-0.4, -0.2) is 27.6 Å². The Morgan fingerprint density at radius 3 is 2.18 bits per heavy atom. The van der Waals surface area contributed by atoms with E-state index in [4.69, 9.17) is 14.4 Å². The molecular weight excluding hydrogens is 929 g/mol. The van der Waals surface area contributed by atoms with Crippen LogP contribution < -0.4 is 5.19 Å². The van der Waals surface area contributed by atoms with Gasteiger partial charge in [0.15, 0.2) is 0 Å². The molecular formula is C53H52IrN4OSi-2. The van der Waals surface area contributed by atoms with E-state index in [0.717, 1.165) is 79.0 Å². The van der Waals surface area contributed by atoms with Gasteiger partial charge in [0.2, 0.25) is 5.71 Å². The third-order valence-electron chi connectivity index (χ3n) is 10.9. The minimum absolute atomic E-state index is 0. The standard InChI is InChI=1S/C35H28N3O.C18H24NSi.Ir/c1-22-14-19-27(32-31(22)26-20-21-28(37-34(26)39-32)23-10-6-5-7-11-23)33-36-29-12-8-9-13-30(29)38(33)25-17-15-24(16-18-25)35(2,3)4;1-14(2)11-16-12-17(15-9-7-6-8-10-15)19-13-18(16)20(3,4)5;/h5-18,20-21H,1-4H3;6-9,12-14H,11H2,1-5H3;/q2*-1;. The Hall–Kier alpha value is -5.46. The number of para-hydroxylation sites is 2.